The summed E-state index contributed by atoms with van der Waals surface area (Å²) in [6.07, 6.45) is 0.892. The van der Waals surface area contributed by atoms with Crippen molar-refractivity contribution >= 4 is 38.3 Å². The van der Waals surface area contributed by atoms with Crippen molar-refractivity contribution in [3.8, 4) is 0 Å². The highest BCUT2D eigenvalue weighted by Gasteiger charge is 2.40. The van der Waals surface area contributed by atoms with Crippen LogP contribution in [-0.4, -0.2) is 46.6 Å². The number of carbonyl (C=O) groups is 2. The van der Waals surface area contributed by atoms with Crippen LogP contribution in [0.25, 0.3) is 0 Å². The number of carbonyl (C=O) groups excluding carboxylic acids is 2. The number of thiazole rings is 1. The molecular formula is C22H30N4O5S2. The summed E-state index contributed by atoms with van der Waals surface area (Å²) >= 11 is 1.34. The first kappa shape index (κ1) is 25.1. The summed E-state index contributed by atoms with van der Waals surface area (Å²) < 4.78 is 29.3. The molecule has 0 bridgehead atoms. The van der Waals surface area contributed by atoms with Crippen LogP contribution in [0, 0.1) is 5.92 Å². The van der Waals surface area contributed by atoms with E-state index in [-0.39, 0.29) is 41.0 Å². The van der Waals surface area contributed by atoms with E-state index < -0.39 is 15.4 Å². The molecule has 9 nitrogen and oxygen atoms in total. The van der Waals surface area contributed by atoms with Crippen molar-refractivity contribution in [1.82, 2.24) is 14.9 Å². The van der Waals surface area contributed by atoms with Gasteiger partial charge in [0.1, 0.15) is 5.60 Å². The van der Waals surface area contributed by atoms with Crippen molar-refractivity contribution in [3.63, 3.8) is 0 Å². The number of nitrogens with one attached hydrogen (secondary N) is 1. The minimum absolute atomic E-state index is 0.00561. The van der Waals surface area contributed by atoms with Crippen molar-refractivity contribution in [2.45, 2.75) is 71.0 Å². The van der Waals surface area contributed by atoms with Crippen LogP contribution in [0.4, 0.5) is 9.93 Å². The number of hydrogen-bond acceptors (Lipinski definition) is 8. The van der Waals surface area contributed by atoms with Gasteiger partial charge in [0.15, 0.2) is 15.0 Å². The summed E-state index contributed by atoms with van der Waals surface area (Å²) in [7, 11) is -3.33. The molecule has 0 fully saturated rings. The van der Waals surface area contributed by atoms with Crippen LogP contribution >= 0.6 is 11.3 Å². The summed E-state index contributed by atoms with van der Waals surface area (Å²) in [4.78, 5) is 36.6. The lowest BCUT2D eigenvalue weighted by Crippen LogP contribution is -2.37. The summed E-state index contributed by atoms with van der Waals surface area (Å²) in [6, 6.07) is 2.77. The van der Waals surface area contributed by atoms with Gasteiger partial charge in [0.25, 0.3) is 0 Å². The molecule has 0 saturated heterocycles. The molecule has 0 aromatic carbocycles. The van der Waals surface area contributed by atoms with Crippen molar-refractivity contribution in [1.29, 1.82) is 0 Å². The van der Waals surface area contributed by atoms with E-state index in [0.717, 1.165) is 10.6 Å². The highest BCUT2D eigenvalue weighted by molar-refractivity contribution is 7.91. The van der Waals surface area contributed by atoms with Gasteiger partial charge in [-0.15, -0.1) is 0 Å². The molecule has 0 aliphatic carbocycles. The Hall–Kier alpha value is -2.53. The molecule has 2 amide bonds. The Balaban J connectivity index is 1.68. The van der Waals surface area contributed by atoms with Crippen LogP contribution in [0.15, 0.2) is 23.2 Å². The molecule has 11 heteroatoms. The largest absolute Gasteiger partial charge is 0.444 e. The minimum atomic E-state index is -3.33. The van der Waals surface area contributed by atoms with Gasteiger partial charge in [-0.1, -0.05) is 32.1 Å². The summed E-state index contributed by atoms with van der Waals surface area (Å²) in [5.41, 5.74) is 0.653. The second-order valence-electron chi connectivity index (χ2n) is 9.24. The highest BCUT2D eigenvalue weighted by Crippen LogP contribution is 2.43. The summed E-state index contributed by atoms with van der Waals surface area (Å²) in [5.74, 6) is -0.191. The van der Waals surface area contributed by atoms with Crippen molar-refractivity contribution in [3.05, 3.63) is 34.6 Å². The van der Waals surface area contributed by atoms with E-state index in [1.54, 1.807) is 11.8 Å². The predicted molar refractivity (Wildman–Crippen MR) is 126 cm³/mol. The third-order valence-electron chi connectivity index (χ3n) is 5.04. The average molecular weight is 495 g/mol. The molecule has 2 aromatic rings. The summed E-state index contributed by atoms with van der Waals surface area (Å²) in [5, 5.41) is 3.26. The van der Waals surface area contributed by atoms with Gasteiger partial charge in [0, 0.05) is 11.9 Å². The number of sulfone groups is 1. The summed E-state index contributed by atoms with van der Waals surface area (Å²) in [6.45, 7) is 11.5. The molecule has 1 N–H and O–H groups in total. The van der Waals surface area contributed by atoms with E-state index in [2.05, 4.69) is 15.3 Å². The lowest BCUT2D eigenvalue weighted by molar-refractivity contribution is -0.115. The fourth-order valence-corrected chi connectivity index (χ4v) is 5.37. The molecule has 1 aliphatic rings. The first-order valence-electron chi connectivity index (χ1n) is 10.8. The Morgan fingerprint density at radius 2 is 2.00 bits per heavy atom. The van der Waals surface area contributed by atoms with Crippen molar-refractivity contribution in [2.24, 2.45) is 5.92 Å². The molecule has 0 unspecified atom stereocenters. The maximum atomic E-state index is 12.7. The maximum Gasteiger partial charge on any atom is 0.411 e. The first-order chi connectivity index (χ1) is 15.3. The Bertz CT molecular complexity index is 1130. The van der Waals surface area contributed by atoms with E-state index in [1.165, 1.54) is 29.7 Å². The maximum absolute atomic E-state index is 12.7. The number of hydrogen-bond donors (Lipinski definition) is 1. The molecule has 0 spiro atoms. The predicted octanol–water partition coefficient (Wildman–Crippen LogP) is 3.96. The monoisotopic (exact) mass is 494 g/mol. The van der Waals surface area contributed by atoms with Gasteiger partial charge >= 0.3 is 6.09 Å². The van der Waals surface area contributed by atoms with Crippen LogP contribution in [0.1, 0.15) is 63.8 Å². The van der Waals surface area contributed by atoms with Gasteiger partial charge in [-0.05, 0) is 38.8 Å². The molecule has 3 rings (SSSR count). The Kier molecular flexibility index (Phi) is 7.13. The van der Waals surface area contributed by atoms with Crippen LogP contribution in [0.5, 0.6) is 0 Å². The third-order valence-corrected chi connectivity index (χ3v) is 7.73. The van der Waals surface area contributed by atoms with Gasteiger partial charge in [0.05, 0.1) is 40.2 Å². The van der Waals surface area contributed by atoms with Crippen LogP contribution in [0.3, 0.4) is 0 Å². The average Bonchev–Trinajstić information content (AvgIpc) is 3.23. The molecule has 1 atom stereocenters. The molecule has 180 valence electrons. The standard InChI is InChI=1S/C22H30N4O5S2/c1-7-33(29,30)15-9-8-14(23-11-15)10-17(27)24-20-25-18-16(32-20)12-26(19(18)13(2)3)21(28)31-22(4,5)6/h8-9,11,13,19H,7,10,12H2,1-6H3,(H,24,25,27)/t19-/m0/s1. The zero-order valence-corrected chi connectivity index (χ0v) is 21.3. The van der Waals surface area contributed by atoms with E-state index in [4.69, 9.17) is 4.74 Å². The topological polar surface area (TPSA) is 119 Å². The molecule has 33 heavy (non-hydrogen) atoms. The molecule has 3 heterocycles. The van der Waals surface area contributed by atoms with Crippen LogP contribution in [-0.2, 0) is 32.3 Å². The minimum Gasteiger partial charge on any atom is -0.444 e. The fourth-order valence-electron chi connectivity index (χ4n) is 3.53. The molecule has 1 aliphatic heterocycles. The van der Waals surface area contributed by atoms with Gasteiger partial charge in [-0.3, -0.25) is 14.7 Å². The number of rotatable bonds is 6. The lowest BCUT2D eigenvalue weighted by Gasteiger charge is -2.30. The Morgan fingerprint density at radius 1 is 1.30 bits per heavy atom. The number of ether oxygens (including phenoxy) is 1. The molecule has 0 saturated carbocycles. The quantitative estimate of drug-likeness (QED) is 0.645. The number of anilines is 1. The first-order valence-corrected chi connectivity index (χ1v) is 13.2. The van der Waals surface area contributed by atoms with Gasteiger partial charge < -0.3 is 10.1 Å². The lowest BCUT2D eigenvalue weighted by atomic mass is 10.0. The van der Waals surface area contributed by atoms with Crippen molar-refractivity contribution in [2.75, 3.05) is 11.1 Å². The Labute approximate surface area is 198 Å². The number of nitrogens with zero attached hydrogens (tertiary/aromatic N) is 3. The van der Waals surface area contributed by atoms with Crippen LogP contribution in [0.2, 0.25) is 0 Å². The van der Waals surface area contributed by atoms with E-state index in [1.807, 2.05) is 34.6 Å². The van der Waals surface area contributed by atoms with Gasteiger partial charge in [-0.2, -0.15) is 0 Å². The second-order valence-corrected chi connectivity index (χ2v) is 12.6. The van der Waals surface area contributed by atoms with E-state index >= 15 is 0 Å². The van der Waals surface area contributed by atoms with Crippen molar-refractivity contribution < 1.29 is 22.7 Å². The molecule has 2 aromatic heterocycles. The zero-order chi connectivity index (χ0) is 24.6. The number of amides is 2. The zero-order valence-electron chi connectivity index (χ0n) is 19.7. The Morgan fingerprint density at radius 3 is 2.55 bits per heavy atom. The van der Waals surface area contributed by atoms with Gasteiger partial charge in [-0.25, -0.2) is 18.2 Å². The highest BCUT2D eigenvalue weighted by atomic mass is 32.2. The third kappa shape index (κ3) is 5.89. The SMILES string of the molecule is CCS(=O)(=O)c1ccc(CC(=O)Nc2nc3c(s2)CN(C(=O)OC(C)(C)C)[C@H]3C(C)C)nc1. The van der Waals surface area contributed by atoms with Gasteiger partial charge in [0.2, 0.25) is 5.91 Å². The molecular weight excluding hydrogens is 464 g/mol. The van der Waals surface area contributed by atoms with E-state index in [0.29, 0.717) is 17.4 Å². The number of aromatic nitrogens is 2. The second kappa shape index (κ2) is 9.38. The molecule has 0 radical (unpaired) electrons. The number of fused-ring (bicyclic) bond motifs is 1. The van der Waals surface area contributed by atoms with E-state index in [9.17, 15) is 18.0 Å². The number of pyridine rings is 1. The smallest absolute Gasteiger partial charge is 0.411 e. The normalized spacial score (nSPS) is 16.1. The van der Waals surface area contributed by atoms with Crippen LogP contribution < -0.4 is 5.32 Å². The fraction of sp³-hybridized carbons (Fsp3) is 0.545.